The van der Waals surface area contributed by atoms with Crippen LogP contribution in [0.4, 0.5) is 14.6 Å². The molecule has 1 fully saturated rings. The number of nitrogens with zero attached hydrogens (tertiary/aromatic N) is 2. The Balaban J connectivity index is 1.55. The van der Waals surface area contributed by atoms with Crippen LogP contribution in [0.1, 0.15) is 31.7 Å². The summed E-state index contributed by atoms with van der Waals surface area (Å²) in [5.74, 6) is -1.44. The van der Waals surface area contributed by atoms with Crippen molar-refractivity contribution in [3.63, 3.8) is 0 Å². The molecular formula is C23H29F2N4O8PS. The van der Waals surface area contributed by atoms with Gasteiger partial charge < -0.3 is 24.8 Å². The first-order valence-electron chi connectivity index (χ1n) is 12.1. The maximum absolute atomic E-state index is 15.0. The van der Waals surface area contributed by atoms with Crippen molar-refractivity contribution < 1.29 is 41.8 Å². The minimum Gasteiger partial charge on any atom is -0.490 e. The second-order valence-electron chi connectivity index (χ2n) is 9.21. The zero-order chi connectivity index (χ0) is 28.5. The van der Waals surface area contributed by atoms with Gasteiger partial charge in [0.05, 0.1) is 24.6 Å². The molecule has 6 atom stereocenters. The number of ether oxygens (including phenoxy) is 2. The minimum absolute atomic E-state index is 0.00419. The van der Waals surface area contributed by atoms with E-state index in [-0.39, 0.29) is 30.3 Å². The molecule has 1 aromatic carbocycles. The third-order valence-electron chi connectivity index (χ3n) is 5.87. The van der Waals surface area contributed by atoms with Crippen molar-refractivity contribution in [3.05, 3.63) is 46.3 Å². The van der Waals surface area contributed by atoms with E-state index >= 15 is 4.39 Å². The summed E-state index contributed by atoms with van der Waals surface area (Å²) in [7, 11) is -4.42. The Labute approximate surface area is 226 Å². The highest BCUT2D eigenvalue weighted by Crippen LogP contribution is 2.51. The number of fused-ring (bicyclic) bond motifs is 1. The average molecular weight is 591 g/mol. The highest BCUT2D eigenvalue weighted by Gasteiger charge is 2.47. The Morgan fingerprint density at radius 1 is 1.38 bits per heavy atom. The molecule has 0 bridgehead atoms. The number of aliphatic hydroxyl groups excluding tert-OH is 1. The number of nitrogens with two attached hydrogens (primary N) is 1. The lowest BCUT2D eigenvalue weighted by Crippen LogP contribution is -2.37. The van der Waals surface area contributed by atoms with E-state index in [0.29, 0.717) is 5.56 Å². The van der Waals surface area contributed by atoms with Crippen LogP contribution in [-0.4, -0.2) is 63.5 Å². The molecule has 214 valence electrons. The van der Waals surface area contributed by atoms with Crippen LogP contribution in [0.15, 0.2) is 29.2 Å². The standard InChI is InChI=1S/C23H29F2N4O8PS/c1-11(2)36-22(31)12(3)28-38(33,37-15-5-4-14(24)20-13(15)7-9-34-20)35-10-16-19(30)18(25)21(39-16)29-8-6-17(26)27-23(29)32/h4-6,8,11-12,16,18-19,21,30H,7,9-10H2,1-3H3,(H,28,33)(H2,26,27,32)/t12-,16+,18-,19+,21+,38-/m0/s1. The lowest BCUT2D eigenvalue weighted by atomic mass is 10.1. The van der Waals surface area contributed by atoms with Crippen molar-refractivity contribution >= 4 is 31.3 Å². The van der Waals surface area contributed by atoms with Gasteiger partial charge in [0, 0.05) is 18.2 Å². The van der Waals surface area contributed by atoms with E-state index in [2.05, 4.69) is 10.1 Å². The Hall–Kier alpha value is -2.71. The van der Waals surface area contributed by atoms with E-state index in [4.69, 9.17) is 24.3 Å². The number of alkyl halides is 1. The molecule has 39 heavy (non-hydrogen) atoms. The zero-order valence-electron chi connectivity index (χ0n) is 21.3. The van der Waals surface area contributed by atoms with Gasteiger partial charge in [-0.25, -0.2) is 18.1 Å². The minimum atomic E-state index is -4.42. The maximum Gasteiger partial charge on any atom is 0.459 e. The van der Waals surface area contributed by atoms with Crippen LogP contribution < -0.4 is 25.8 Å². The third kappa shape index (κ3) is 6.55. The topological polar surface area (TPSA) is 164 Å². The number of carbonyl (C=O) groups is 1. The van der Waals surface area contributed by atoms with Gasteiger partial charge in [-0.3, -0.25) is 13.9 Å². The molecule has 2 aromatic rings. The monoisotopic (exact) mass is 590 g/mol. The number of hydrogen-bond acceptors (Lipinski definition) is 11. The maximum atomic E-state index is 15.0. The third-order valence-corrected chi connectivity index (χ3v) is 9.03. The van der Waals surface area contributed by atoms with Crippen LogP contribution in [0.5, 0.6) is 11.5 Å². The smallest absolute Gasteiger partial charge is 0.459 e. The molecule has 0 amide bonds. The molecule has 0 radical (unpaired) electrons. The van der Waals surface area contributed by atoms with E-state index in [1.54, 1.807) is 13.8 Å². The summed E-state index contributed by atoms with van der Waals surface area (Å²) in [4.78, 5) is 28.2. The highest BCUT2D eigenvalue weighted by molar-refractivity contribution is 8.00. The molecule has 0 aliphatic carbocycles. The first kappa shape index (κ1) is 29.3. The summed E-state index contributed by atoms with van der Waals surface area (Å²) in [6.45, 7) is 4.35. The summed E-state index contributed by atoms with van der Waals surface area (Å²) in [5, 5.41) is 10.9. The second-order valence-corrected chi connectivity index (χ2v) is 12.3. The van der Waals surface area contributed by atoms with Crippen molar-refractivity contribution in [2.75, 3.05) is 18.9 Å². The number of esters is 1. The van der Waals surface area contributed by atoms with Gasteiger partial charge in [-0.1, -0.05) is 0 Å². The molecule has 0 unspecified atom stereocenters. The first-order chi connectivity index (χ1) is 18.4. The number of halogens is 2. The quantitative estimate of drug-likeness (QED) is 0.274. The van der Waals surface area contributed by atoms with Gasteiger partial charge in [-0.2, -0.15) is 10.1 Å². The fourth-order valence-corrected chi connectivity index (χ4v) is 7.08. The zero-order valence-corrected chi connectivity index (χ0v) is 23.0. The van der Waals surface area contributed by atoms with E-state index < -0.39 is 66.9 Å². The molecule has 2 aliphatic heterocycles. The molecule has 16 heteroatoms. The highest BCUT2D eigenvalue weighted by atomic mass is 32.2. The number of aromatic nitrogens is 2. The number of hydrogen-bond donors (Lipinski definition) is 3. The van der Waals surface area contributed by atoms with Crippen LogP contribution in [0.2, 0.25) is 0 Å². The number of anilines is 1. The van der Waals surface area contributed by atoms with E-state index in [9.17, 15) is 23.7 Å². The number of aliphatic hydroxyl groups is 1. The predicted octanol–water partition coefficient (Wildman–Crippen LogP) is 2.35. The van der Waals surface area contributed by atoms with Crippen LogP contribution in [0.3, 0.4) is 0 Å². The SMILES string of the molecule is CC(C)OC(=O)[C@H](C)N[P@](=O)(OC[C@H]1S[C@@H](n2ccc(N)nc2=O)[C@@H](F)[C@@H]1O)Oc1ccc(F)c2c1CCO2. The molecule has 4 rings (SSSR count). The number of carbonyl (C=O) groups excluding carboxylic acids is 1. The predicted molar refractivity (Wildman–Crippen MR) is 138 cm³/mol. The van der Waals surface area contributed by atoms with Gasteiger partial charge in [0.15, 0.2) is 17.7 Å². The normalized spacial score (nSPS) is 24.6. The van der Waals surface area contributed by atoms with Gasteiger partial charge in [-0.15, -0.1) is 11.8 Å². The molecular weight excluding hydrogens is 561 g/mol. The summed E-state index contributed by atoms with van der Waals surface area (Å²) in [6, 6.07) is 2.49. The first-order valence-corrected chi connectivity index (χ1v) is 14.6. The molecule has 3 heterocycles. The fraction of sp³-hybridized carbons (Fsp3) is 0.522. The van der Waals surface area contributed by atoms with Crippen LogP contribution in [-0.2, 0) is 25.0 Å². The van der Waals surface area contributed by atoms with Gasteiger partial charge >= 0.3 is 19.4 Å². The Bertz CT molecular complexity index is 1330. The van der Waals surface area contributed by atoms with Gasteiger partial charge in [0.25, 0.3) is 0 Å². The average Bonchev–Trinajstić information content (AvgIpc) is 3.46. The molecule has 0 spiro atoms. The largest absolute Gasteiger partial charge is 0.490 e. The lowest BCUT2D eigenvalue weighted by molar-refractivity contribution is -0.149. The molecule has 4 N–H and O–H groups in total. The summed E-state index contributed by atoms with van der Waals surface area (Å²) in [5.41, 5.74) is 5.02. The molecule has 1 aromatic heterocycles. The lowest BCUT2D eigenvalue weighted by Gasteiger charge is -2.25. The number of benzene rings is 1. The molecule has 0 saturated carbocycles. The van der Waals surface area contributed by atoms with E-state index in [1.807, 2.05) is 0 Å². The van der Waals surface area contributed by atoms with E-state index in [0.717, 1.165) is 22.4 Å². The fourth-order valence-electron chi connectivity index (χ4n) is 4.01. The Kier molecular flexibility index (Phi) is 8.86. The number of nitrogen functional groups attached to an aromatic ring is 1. The Morgan fingerprint density at radius 3 is 2.82 bits per heavy atom. The van der Waals surface area contributed by atoms with Crippen LogP contribution in [0.25, 0.3) is 0 Å². The number of nitrogens with one attached hydrogen (secondary N) is 1. The van der Waals surface area contributed by atoms with Gasteiger partial charge in [0.1, 0.15) is 29.1 Å². The van der Waals surface area contributed by atoms with Crippen LogP contribution in [0, 0.1) is 5.82 Å². The van der Waals surface area contributed by atoms with Crippen molar-refractivity contribution in [1.29, 1.82) is 0 Å². The summed E-state index contributed by atoms with van der Waals surface area (Å²) >= 11 is 0.869. The molecule has 12 nitrogen and oxygen atoms in total. The van der Waals surface area contributed by atoms with Crippen molar-refractivity contribution in [3.8, 4) is 11.5 Å². The Morgan fingerprint density at radius 2 is 2.13 bits per heavy atom. The second kappa shape index (κ2) is 11.8. The van der Waals surface area contributed by atoms with Crippen molar-refractivity contribution in [2.45, 2.75) is 62.2 Å². The number of thioether (sulfide) groups is 1. The van der Waals surface area contributed by atoms with Gasteiger partial charge in [0.2, 0.25) is 0 Å². The summed E-state index contributed by atoms with van der Waals surface area (Å²) in [6.07, 6.45) is -2.41. The van der Waals surface area contributed by atoms with Crippen LogP contribution >= 0.6 is 19.5 Å². The summed E-state index contributed by atoms with van der Waals surface area (Å²) < 4.78 is 65.8. The molecule has 1 saturated heterocycles. The van der Waals surface area contributed by atoms with Crippen molar-refractivity contribution in [2.24, 2.45) is 0 Å². The number of rotatable bonds is 10. The van der Waals surface area contributed by atoms with E-state index in [1.165, 1.54) is 25.3 Å². The van der Waals surface area contributed by atoms with Gasteiger partial charge in [-0.05, 0) is 39.0 Å². The van der Waals surface area contributed by atoms with Crippen molar-refractivity contribution in [1.82, 2.24) is 14.6 Å². The molecule has 2 aliphatic rings.